The number of phenols is 1. The van der Waals surface area contributed by atoms with Crippen molar-refractivity contribution in [2.45, 2.75) is 49.9 Å². The average molecular weight is 700 g/mol. The predicted octanol–water partition coefficient (Wildman–Crippen LogP) is 5.81. The van der Waals surface area contributed by atoms with E-state index < -0.39 is 58.6 Å². The molecule has 2 aliphatic carbocycles. The van der Waals surface area contributed by atoms with Crippen LogP contribution in [0.25, 0.3) is 0 Å². The number of hydrogen-bond acceptors (Lipinski definition) is 7. The van der Waals surface area contributed by atoms with E-state index in [-0.39, 0.29) is 43.4 Å². The zero-order valence-corrected chi connectivity index (χ0v) is 27.7. The molecule has 7 rings (SSSR count). The molecule has 0 aromatic heterocycles. The fourth-order valence-electron chi connectivity index (χ4n) is 8.74. The fraction of sp³-hybridized carbons (Fsp3) is 0.342. The Morgan fingerprint density at radius 1 is 0.920 bits per heavy atom. The molecule has 2 heterocycles. The van der Waals surface area contributed by atoms with Gasteiger partial charge in [0.15, 0.2) is 0 Å². The van der Waals surface area contributed by atoms with E-state index >= 15 is 4.79 Å². The van der Waals surface area contributed by atoms with Crippen LogP contribution in [-0.4, -0.2) is 56.3 Å². The van der Waals surface area contributed by atoms with Gasteiger partial charge in [0, 0.05) is 23.9 Å². The van der Waals surface area contributed by atoms with Crippen LogP contribution in [0.4, 0.5) is 10.1 Å². The highest BCUT2D eigenvalue weighted by Gasteiger charge is 2.70. The van der Waals surface area contributed by atoms with E-state index in [0.717, 1.165) is 10.6 Å². The molecule has 2 saturated heterocycles. The number of carbonyl (C=O) groups excluding carboxylic acids is 4. The Balaban J connectivity index is 1.33. The first kappa shape index (κ1) is 33.5. The van der Waals surface area contributed by atoms with Gasteiger partial charge in [-0.1, -0.05) is 53.9 Å². The van der Waals surface area contributed by atoms with Crippen molar-refractivity contribution in [1.29, 1.82) is 0 Å². The zero-order chi connectivity index (χ0) is 35.3. The molecule has 0 radical (unpaired) electrons. The van der Waals surface area contributed by atoms with Gasteiger partial charge in [-0.2, -0.15) is 5.01 Å². The summed E-state index contributed by atoms with van der Waals surface area (Å²) in [6.45, 7) is 0.174. The molecule has 50 heavy (non-hydrogen) atoms. The monoisotopic (exact) mass is 699 g/mol. The van der Waals surface area contributed by atoms with Crippen LogP contribution in [0, 0.1) is 29.5 Å². The highest BCUT2D eigenvalue weighted by molar-refractivity contribution is 6.30. The van der Waals surface area contributed by atoms with Crippen molar-refractivity contribution in [2.24, 2.45) is 23.7 Å². The van der Waals surface area contributed by atoms with Crippen LogP contribution in [0.2, 0.25) is 5.02 Å². The highest BCUT2D eigenvalue weighted by atomic mass is 35.5. The quantitative estimate of drug-likeness (QED) is 0.137. The SMILES string of the molecule is O=C(O)CCCCCN1C(=O)C2CC=C3C(CC4C(=O)N(Nc5ccc(F)cc5)C(=O)C4(c4ccc(Cl)cc4)C3c3cccc(O)c3)C2C1=O. The summed E-state index contributed by atoms with van der Waals surface area (Å²) < 4.78 is 13.8. The Kier molecular flexibility index (Phi) is 8.71. The van der Waals surface area contributed by atoms with E-state index in [4.69, 9.17) is 16.7 Å². The Bertz CT molecular complexity index is 1920. The molecule has 0 spiro atoms. The van der Waals surface area contributed by atoms with Crippen LogP contribution < -0.4 is 5.43 Å². The lowest BCUT2D eigenvalue weighted by molar-refractivity contribution is -0.141. The third-order valence-corrected chi connectivity index (χ3v) is 11.1. The molecule has 3 aromatic carbocycles. The number of aromatic hydroxyl groups is 1. The molecule has 12 heteroatoms. The molecule has 3 fully saturated rings. The van der Waals surface area contributed by atoms with Crippen molar-refractivity contribution >= 4 is 46.9 Å². The number of benzene rings is 3. The first-order valence-electron chi connectivity index (χ1n) is 16.7. The van der Waals surface area contributed by atoms with Crippen LogP contribution >= 0.6 is 11.6 Å². The second-order valence-corrected chi connectivity index (χ2v) is 13.9. The average Bonchev–Trinajstić information content (AvgIpc) is 3.46. The Morgan fingerprint density at radius 3 is 2.36 bits per heavy atom. The molecule has 3 aromatic rings. The van der Waals surface area contributed by atoms with Gasteiger partial charge >= 0.3 is 5.97 Å². The lowest BCUT2D eigenvalue weighted by atomic mass is 9.49. The Hall–Kier alpha value is -5.03. The number of amides is 4. The van der Waals surface area contributed by atoms with Crippen molar-refractivity contribution in [2.75, 3.05) is 12.0 Å². The van der Waals surface area contributed by atoms with Gasteiger partial charge in [-0.05, 0) is 91.3 Å². The van der Waals surface area contributed by atoms with Crippen molar-refractivity contribution in [3.8, 4) is 5.75 Å². The summed E-state index contributed by atoms with van der Waals surface area (Å²) in [5.74, 6) is -6.90. The molecule has 4 aliphatic rings. The normalized spacial score (nSPS) is 27.2. The number of unbranched alkanes of at least 4 members (excludes halogenated alkanes) is 2. The number of phenolic OH excluding ortho intramolecular Hbond substituents is 1. The number of carboxylic acid groups (broad SMARTS) is 1. The number of nitrogens with zero attached hydrogens (tertiary/aromatic N) is 2. The number of nitrogens with one attached hydrogen (secondary N) is 1. The van der Waals surface area contributed by atoms with Crippen molar-refractivity contribution < 1.29 is 38.6 Å². The standard InChI is InChI=1S/C38H35ClFN3O7/c39-23-10-8-22(9-11-23)38-30(35(48)43(37(38)50)41-25-14-12-24(40)13-15-25)20-29-27(33(38)21-5-4-6-26(44)19-21)16-17-28-32(29)36(49)42(34(28)47)18-3-1-2-7-31(45)46/h4-6,8-16,19,28-30,32-33,41,44H,1-3,7,17-18,20H2,(H,45,46). The smallest absolute Gasteiger partial charge is 0.303 e. The number of rotatable bonds is 10. The summed E-state index contributed by atoms with van der Waals surface area (Å²) >= 11 is 6.31. The molecule has 6 unspecified atom stereocenters. The van der Waals surface area contributed by atoms with E-state index in [9.17, 15) is 28.7 Å². The molecule has 258 valence electrons. The molecule has 0 bridgehead atoms. The summed E-state index contributed by atoms with van der Waals surface area (Å²) in [7, 11) is 0. The number of carboxylic acids is 1. The van der Waals surface area contributed by atoms with Gasteiger partial charge in [0.05, 0.1) is 28.9 Å². The van der Waals surface area contributed by atoms with E-state index in [1.165, 1.54) is 35.2 Å². The number of hydrazine groups is 1. The molecule has 1 saturated carbocycles. The van der Waals surface area contributed by atoms with E-state index in [2.05, 4.69) is 5.43 Å². The van der Waals surface area contributed by atoms with Crippen LogP contribution in [0.15, 0.2) is 84.4 Å². The van der Waals surface area contributed by atoms with E-state index in [1.54, 1.807) is 42.5 Å². The van der Waals surface area contributed by atoms with Crippen LogP contribution in [0.5, 0.6) is 5.75 Å². The molecule has 4 amide bonds. The lowest BCUT2D eigenvalue weighted by Gasteiger charge is -2.50. The second-order valence-electron chi connectivity index (χ2n) is 13.5. The number of likely N-dealkylation sites (tertiary alicyclic amines) is 1. The molecule has 10 nitrogen and oxygen atoms in total. The summed E-state index contributed by atoms with van der Waals surface area (Å²) in [5, 5.41) is 21.1. The summed E-state index contributed by atoms with van der Waals surface area (Å²) in [6, 6.07) is 18.5. The molecule has 6 atom stereocenters. The van der Waals surface area contributed by atoms with Gasteiger partial charge in [0.2, 0.25) is 11.8 Å². The molecular weight excluding hydrogens is 665 g/mol. The minimum atomic E-state index is -1.53. The summed E-state index contributed by atoms with van der Waals surface area (Å²) in [5.41, 5.74) is 3.54. The van der Waals surface area contributed by atoms with Crippen LogP contribution in [0.3, 0.4) is 0 Å². The Labute approximate surface area is 292 Å². The summed E-state index contributed by atoms with van der Waals surface area (Å²) in [4.78, 5) is 69.7. The van der Waals surface area contributed by atoms with Crippen molar-refractivity contribution in [3.05, 3.63) is 106 Å². The number of halogens is 2. The lowest BCUT2D eigenvalue weighted by Crippen LogP contribution is -2.53. The van der Waals surface area contributed by atoms with Crippen molar-refractivity contribution in [1.82, 2.24) is 9.91 Å². The number of carbonyl (C=O) groups is 5. The van der Waals surface area contributed by atoms with E-state index in [0.29, 0.717) is 41.1 Å². The molecule has 3 N–H and O–H groups in total. The Morgan fingerprint density at radius 2 is 1.66 bits per heavy atom. The summed E-state index contributed by atoms with van der Waals surface area (Å²) in [6.07, 6.45) is 3.75. The van der Waals surface area contributed by atoms with Gasteiger partial charge in [0.1, 0.15) is 11.6 Å². The van der Waals surface area contributed by atoms with Gasteiger partial charge in [-0.15, -0.1) is 0 Å². The number of fused-ring (bicyclic) bond motifs is 4. The minimum Gasteiger partial charge on any atom is -0.508 e. The van der Waals surface area contributed by atoms with E-state index in [1.807, 2.05) is 6.08 Å². The van der Waals surface area contributed by atoms with Gasteiger partial charge < -0.3 is 10.2 Å². The number of hydrogen-bond donors (Lipinski definition) is 3. The van der Waals surface area contributed by atoms with Crippen LogP contribution in [0.1, 0.15) is 55.6 Å². The largest absolute Gasteiger partial charge is 0.508 e. The second kappa shape index (κ2) is 13.0. The van der Waals surface area contributed by atoms with Crippen LogP contribution in [-0.2, 0) is 29.4 Å². The highest BCUT2D eigenvalue weighted by Crippen LogP contribution is 2.64. The maximum atomic E-state index is 15.1. The number of imide groups is 2. The number of anilines is 1. The fourth-order valence-corrected chi connectivity index (χ4v) is 8.87. The first-order valence-corrected chi connectivity index (χ1v) is 17.1. The first-order chi connectivity index (χ1) is 24.0. The zero-order valence-electron chi connectivity index (χ0n) is 26.9. The molecule has 2 aliphatic heterocycles. The number of aliphatic carboxylic acids is 1. The topological polar surface area (TPSA) is 144 Å². The number of allylic oxidation sites excluding steroid dienone is 2. The van der Waals surface area contributed by atoms with Gasteiger partial charge in [0.25, 0.3) is 11.8 Å². The van der Waals surface area contributed by atoms with Gasteiger partial charge in [-0.25, -0.2) is 4.39 Å². The third-order valence-electron chi connectivity index (χ3n) is 10.8. The molecular formula is C38H35ClFN3O7. The maximum absolute atomic E-state index is 15.1. The predicted molar refractivity (Wildman–Crippen MR) is 180 cm³/mol. The van der Waals surface area contributed by atoms with Crippen molar-refractivity contribution in [3.63, 3.8) is 0 Å². The maximum Gasteiger partial charge on any atom is 0.303 e. The third kappa shape index (κ3) is 5.44. The van der Waals surface area contributed by atoms with Gasteiger partial charge in [-0.3, -0.25) is 34.3 Å². The minimum absolute atomic E-state index is 0.00939.